The fourth-order valence-corrected chi connectivity index (χ4v) is 3.93. The molecule has 0 aromatic heterocycles. The van der Waals surface area contributed by atoms with Crippen molar-refractivity contribution >= 4 is 10.2 Å². The first-order valence-electron chi connectivity index (χ1n) is 6.10. The molecule has 0 radical (unpaired) electrons. The maximum Gasteiger partial charge on any atom is 0.0157 e. The molecule has 14 heavy (non-hydrogen) atoms. The Labute approximate surface area is 91.5 Å². The summed E-state index contributed by atoms with van der Waals surface area (Å²) >= 11 is 0. The van der Waals surface area contributed by atoms with Crippen LogP contribution in [-0.2, 0) is 0 Å². The van der Waals surface area contributed by atoms with Crippen molar-refractivity contribution in [3.05, 3.63) is 0 Å². The van der Waals surface area contributed by atoms with E-state index in [9.17, 15) is 0 Å². The fraction of sp³-hybridized carbons (Fsp3) is 1.00. The highest BCUT2D eigenvalue weighted by Gasteiger charge is 2.22. The van der Waals surface area contributed by atoms with Crippen LogP contribution >= 0.6 is 10.2 Å². The van der Waals surface area contributed by atoms with Gasteiger partial charge in [-0.05, 0) is 49.4 Å². The molecule has 1 saturated carbocycles. The smallest absolute Gasteiger partial charge is 0.0157 e. The summed E-state index contributed by atoms with van der Waals surface area (Å²) in [4.78, 5) is 0. The maximum atomic E-state index is 3.94. The SMILES string of the molecule is CCS(C)(CC)NC1CCC(C)CC1. The molecule has 1 aliphatic carbocycles. The molecule has 0 unspecified atom stereocenters. The third-order valence-corrected chi connectivity index (χ3v) is 7.19. The molecular formula is C12H27NS. The van der Waals surface area contributed by atoms with Crippen LogP contribution in [0.1, 0.15) is 46.5 Å². The number of nitrogens with one attached hydrogen (secondary N) is 1. The monoisotopic (exact) mass is 217 g/mol. The van der Waals surface area contributed by atoms with Crippen molar-refractivity contribution in [3.8, 4) is 0 Å². The lowest BCUT2D eigenvalue weighted by molar-refractivity contribution is 0.336. The van der Waals surface area contributed by atoms with Gasteiger partial charge in [-0.1, -0.05) is 20.8 Å². The van der Waals surface area contributed by atoms with Gasteiger partial charge in [0.15, 0.2) is 0 Å². The zero-order chi connectivity index (χ0) is 10.6. The molecule has 1 aliphatic rings. The molecule has 0 aromatic rings. The normalized spacial score (nSPS) is 30.3. The summed E-state index contributed by atoms with van der Waals surface area (Å²) in [6.45, 7) is 7.05. The molecule has 1 rings (SSSR count). The predicted octanol–water partition coefficient (Wildman–Crippen LogP) is 3.54. The summed E-state index contributed by atoms with van der Waals surface area (Å²) in [5.41, 5.74) is 0. The summed E-state index contributed by atoms with van der Waals surface area (Å²) in [7, 11) is -0.482. The number of hydrogen-bond acceptors (Lipinski definition) is 1. The Kier molecular flexibility index (Phi) is 4.78. The third kappa shape index (κ3) is 3.47. The third-order valence-electron chi connectivity index (χ3n) is 3.74. The van der Waals surface area contributed by atoms with Crippen molar-refractivity contribution in [2.75, 3.05) is 17.8 Å². The zero-order valence-electron chi connectivity index (χ0n) is 10.3. The molecule has 0 spiro atoms. The van der Waals surface area contributed by atoms with Crippen molar-refractivity contribution in [1.29, 1.82) is 0 Å². The number of hydrogen-bond donors (Lipinski definition) is 1. The van der Waals surface area contributed by atoms with E-state index in [1.54, 1.807) is 0 Å². The molecule has 1 fully saturated rings. The van der Waals surface area contributed by atoms with Crippen molar-refractivity contribution in [3.63, 3.8) is 0 Å². The highest BCUT2D eigenvalue weighted by Crippen LogP contribution is 2.40. The standard InChI is InChI=1S/C12H27NS/c1-5-14(4,6-2)13-12-9-7-11(3)8-10-12/h11-13H,5-10H2,1-4H3. The average Bonchev–Trinajstić information content (AvgIpc) is 2.21. The maximum absolute atomic E-state index is 3.94. The Balaban J connectivity index is 2.36. The van der Waals surface area contributed by atoms with Gasteiger partial charge in [-0.3, -0.25) is 4.72 Å². The van der Waals surface area contributed by atoms with Crippen molar-refractivity contribution in [2.24, 2.45) is 5.92 Å². The van der Waals surface area contributed by atoms with Gasteiger partial charge in [0.05, 0.1) is 0 Å². The predicted molar refractivity (Wildman–Crippen MR) is 69.2 cm³/mol. The Morgan fingerprint density at radius 2 is 1.57 bits per heavy atom. The van der Waals surface area contributed by atoms with Crippen LogP contribution in [0.4, 0.5) is 0 Å². The van der Waals surface area contributed by atoms with Gasteiger partial charge in [0.2, 0.25) is 0 Å². The van der Waals surface area contributed by atoms with Crippen molar-refractivity contribution in [2.45, 2.75) is 52.5 Å². The largest absolute Gasteiger partial charge is 0.278 e. The van der Waals surface area contributed by atoms with Gasteiger partial charge in [-0.25, -0.2) is 0 Å². The average molecular weight is 217 g/mol. The minimum Gasteiger partial charge on any atom is -0.278 e. The summed E-state index contributed by atoms with van der Waals surface area (Å²) in [6.07, 6.45) is 8.12. The highest BCUT2D eigenvalue weighted by molar-refractivity contribution is 8.31. The van der Waals surface area contributed by atoms with Crippen LogP contribution in [0.5, 0.6) is 0 Å². The molecule has 1 nitrogen and oxygen atoms in total. The first-order chi connectivity index (χ1) is 6.59. The van der Waals surface area contributed by atoms with Gasteiger partial charge < -0.3 is 0 Å². The van der Waals surface area contributed by atoms with E-state index in [1.165, 1.54) is 37.2 Å². The highest BCUT2D eigenvalue weighted by atomic mass is 32.3. The molecule has 0 heterocycles. The van der Waals surface area contributed by atoms with E-state index in [2.05, 4.69) is 31.7 Å². The second-order valence-electron chi connectivity index (χ2n) is 4.93. The zero-order valence-corrected chi connectivity index (χ0v) is 11.1. The van der Waals surface area contributed by atoms with E-state index in [-0.39, 0.29) is 0 Å². The van der Waals surface area contributed by atoms with E-state index < -0.39 is 10.2 Å². The van der Waals surface area contributed by atoms with Crippen LogP contribution in [0, 0.1) is 5.92 Å². The lowest BCUT2D eigenvalue weighted by Crippen LogP contribution is -2.36. The van der Waals surface area contributed by atoms with Gasteiger partial charge in [-0.15, -0.1) is 0 Å². The topological polar surface area (TPSA) is 12.0 Å². The molecule has 0 atom stereocenters. The quantitative estimate of drug-likeness (QED) is 0.759. The summed E-state index contributed by atoms with van der Waals surface area (Å²) in [6, 6.07) is 0.825. The minimum absolute atomic E-state index is 0.482. The summed E-state index contributed by atoms with van der Waals surface area (Å²) < 4.78 is 3.94. The first-order valence-corrected chi connectivity index (χ1v) is 8.48. The minimum atomic E-state index is -0.482. The molecule has 2 heteroatoms. The van der Waals surface area contributed by atoms with Crippen LogP contribution in [0.15, 0.2) is 0 Å². The van der Waals surface area contributed by atoms with Crippen molar-refractivity contribution in [1.82, 2.24) is 4.72 Å². The Hall–Kier alpha value is 0.310. The second-order valence-corrected chi connectivity index (χ2v) is 8.87. The molecule has 0 amide bonds. The van der Waals surface area contributed by atoms with Gasteiger partial charge >= 0.3 is 0 Å². The molecular weight excluding hydrogens is 190 g/mol. The van der Waals surface area contributed by atoms with E-state index in [1.807, 2.05) is 0 Å². The fourth-order valence-electron chi connectivity index (χ4n) is 2.15. The summed E-state index contributed by atoms with van der Waals surface area (Å²) in [5.74, 6) is 3.63. The van der Waals surface area contributed by atoms with Gasteiger partial charge in [-0.2, -0.15) is 10.2 Å². The Bertz CT molecular complexity index is 158. The van der Waals surface area contributed by atoms with Crippen LogP contribution in [0.2, 0.25) is 0 Å². The van der Waals surface area contributed by atoms with Crippen molar-refractivity contribution < 1.29 is 0 Å². The second kappa shape index (κ2) is 5.41. The van der Waals surface area contributed by atoms with Gasteiger partial charge in [0.25, 0.3) is 0 Å². The lowest BCUT2D eigenvalue weighted by atomic mass is 9.88. The molecule has 1 N–H and O–H groups in total. The molecule has 0 aliphatic heterocycles. The van der Waals surface area contributed by atoms with E-state index in [0.29, 0.717) is 0 Å². The van der Waals surface area contributed by atoms with Gasteiger partial charge in [0.1, 0.15) is 0 Å². The molecule has 0 saturated heterocycles. The van der Waals surface area contributed by atoms with Crippen LogP contribution in [0.3, 0.4) is 0 Å². The molecule has 0 bridgehead atoms. The van der Waals surface area contributed by atoms with Crippen LogP contribution < -0.4 is 4.72 Å². The van der Waals surface area contributed by atoms with Gasteiger partial charge in [0, 0.05) is 6.04 Å². The van der Waals surface area contributed by atoms with E-state index in [4.69, 9.17) is 0 Å². The van der Waals surface area contributed by atoms with Crippen LogP contribution in [0.25, 0.3) is 0 Å². The number of rotatable bonds is 4. The first kappa shape index (κ1) is 12.4. The molecule has 86 valence electrons. The Morgan fingerprint density at radius 1 is 1.07 bits per heavy atom. The lowest BCUT2D eigenvalue weighted by Gasteiger charge is -2.41. The van der Waals surface area contributed by atoms with Crippen LogP contribution in [-0.4, -0.2) is 23.8 Å². The van der Waals surface area contributed by atoms with E-state index in [0.717, 1.165) is 12.0 Å². The summed E-state index contributed by atoms with van der Waals surface area (Å²) in [5, 5.41) is 0. The van der Waals surface area contributed by atoms with E-state index >= 15 is 0 Å². The molecule has 0 aromatic carbocycles. The Morgan fingerprint density at radius 3 is 2.00 bits per heavy atom.